The number of rotatable bonds is 8. The third-order valence-corrected chi connectivity index (χ3v) is 2.92. The molecule has 0 bridgehead atoms. The molecule has 3 N–H and O–H groups in total. The van der Waals surface area contributed by atoms with Crippen LogP contribution in [0.25, 0.3) is 0 Å². The lowest BCUT2D eigenvalue weighted by atomic mass is 10.1. The molecular formula is C11H17F2NO3S. The van der Waals surface area contributed by atoms with Gasteiger partial charge in [-0.3, -0.25) is 0 Å². The Labute approximate surface area is 108 Å². The molecule has 1 aromatic heterocycles. The first-order valence-electron chi connectivity index (χ1n) is 5.44. The molecule has 4 nitrogen and oxygen atoms in total. The third kappa shape index (κ3) is 5.81. The number of furan rings is 1. The second-order valence-corrected chi connectivity index (χ2v) is 5.18. The standard InChI is InChI=1S/C11H17F2NO3S/c1-11(16,7-15)6-14-4-8-2-3-9(17-8)5-18-10(12)13/h2-3,10,14-16H,4-7H2,1H3. The normalized spacial score (nSPS) is 15.0. The predicted octanol–water partition coefficient (Wildman–Crippen LogP) is 1.57. The van der Waals surface area contributed by atoms with Crippen LogP contribution >= 0.6 is 11.8 Å². The molecule has 0 radical (unpaired) electrons. The highest BCUT2D eigenvalue weighted by Crippen LogP contribution is 2.21. The summed E-state index contributed by atoms with van der Waals surface area (Å²) in [4.78, 5) is 0. The summed E-state index contributed by atoms with van der Waals surface area (Å²) in [5.41, 5.74) is -1.18. The van der Waals surface area contributed by atoms with E-state index >= 15 is 0 Å². The highest BCUT2D eigenvalue weighted by Gasteiger charge is 2.18. The summed E-state index contributed by atoms with van der Waals surface area (Å²) >= 11 is 0.509. The molecule has 0 saturated carbocycles. The van der Waals surface area contributed by atoms with Crippen molar-refractivity contribution in [3.63, 3.8) is 0 Å². The molecule has 1 atom stereocenters. The molecule has 0 amide bonds. The van der Waals surface area contributed by atoms with E-state index in [4.69, 9.17) is 9.52 Å². The summed E-state index contributed by atoms with van der Waals surface area (Å²) in [6.45, 7) is 1.75. The molecule has 0 aliphatic heterocycles. The number of aliphatic hydroxyl groups excluding tert-OH is 1. The Morgan fingerprint density at radius 2 is 2.11 bits per heavy atom. The minimum Gasteiger partial charge on any atom is -0.464 e. The van der Waals surface area contributed by atoms with Crippen LogP contribution < -0.4 is 5.32 Å². The van der Waals surface area contributed by atoms with Crippen LogP contribution in [-0.2, 0) is 12.3 Å². The van der Waals surface area contributed by atoms with Gasteiger partial charge in [0.05, 0.1) is 24.5 Å². The van der Waals surface area contributed by atoms with Gasteiger partial charge in [0.15, 0.2) is 0 Å². The van der Waals surface area contributed by atoms with E-state index in [0.29, 0.717) is 29.8 Å². The lowest BCUT2D eigenvalue weighted by molar-refractivity contribution is 0.00226. The van der Waals surface area contributed by atoms with Gasteiger partial charge in [-0.25, -0.2) is 0 Å². The van der Waals surface area contributed by atoms with E-state index in [9.17, 15) is 13.9 Å². The van der Waals surface area contributed by atoms with Gasteiger partial charge in [0.2, 0.25) is 0 Å². The molecular weight excluding hydrogens is 264 g/mol. The van der Waals surface area contributed by atoms with Crippen LogP contribution in [-0.4, -0.2) is 34.7 Å². The molecule has 0 aromatic carbocycles. The Hall–Kier alpha value is -0.630. The highest BCUT2D eigenvalue weighted by molar-refractivity contribution is 7.98. The summed E-state index contributed by atoms with van der Waals surface area (Å²) in [6, 6.07) is 3.35. The van der Waals surface area contributed by atoms with E-state index in [1.165, 1.54) is 6.92 Å². The lowest BCUT2D eigenvalue weighted by Gasteiger charge is -2.20. The van der Waals surface area contributed by atoms with Crippen LogP contribution in [0, 0.1) is 0 Å². The van der Waals surface area contributed by atoms with Gasteiger partial charge in [0.25, 0.3) is 5.76 Å². The van der Waals surface area contributed by atoms with E-state index in [0.717, 1.165) is 0 Å². The molecule has 7 heteroatoms. The van der Waals surface area contributed by atoms with Crippen molar-refractivity contribution in [3.8, 4) is 0 Å². The van der Waals surface area contributed by atoms with Gasteiger partial charge < -0.3 is 19.9 Å². The first-order chi connectivity index (χ1) is 8.43. The minimum absolute atomic E-state index is 0.131. The van der Waals surface area contributed by atoms with Crippen molar-refractivity contribution in [1.82, 2.24) is 5.32 Å². The average molecular weight is 281 g/mol. The zero-order chi connectivity index (χ0) is 13.6. The molecule has 1 aromatic rings. The molecule has 0 aliphatic carbocycles. The molecule has 0 fully saturated rings. The van der Waals surface area contributed by atoms with Gasteiger partial charge in [-0.2, -0.15) is 8.78 Å². The second kappa shape index (κ2) is 7.08. The summed E-state index contributed by atoms with van der Waals surface area (Å²) in [5, 5.41) is 21.3. The summed E-state index contributed by atoms with van der Waals surface area (Å²) < 4.78 is 29.2. The van der Waals surface area contributed by atoms with Crippen LogP contribution in [0.4, 0.5) is 8.78 Å². The smallest absolute Gasteiger partial charge is 0.284 e. The van der Waals surface area contributed by atoms with Crippen LogP contribution in [0.3, 0.4) is 0 Å². The number of thioether (sulfide) groups is 1. The fraction of sp³-hybridized carbons (Fsp3) is 0.636. The first-order valence-corrected chi connectivity index (χ1v) is 6.49. The van der Waals surface area contributed by atoms with E-state index in [2.05, 4.69) is 5.32 Å². The largest absolute Gasteiger partial charge is 0.464 e. The van der Waals surface area contributed by atoms with Gasteiger partial charge in [-0.1, -0.05) is 11.8 Å². The maximum absolute atomic E-state index is 12.0. The predicted molar refractivity (Wildman–Crippen MR) is 65.4 cm³/mol. The fourth-order valence-electron chi connectivity index (χ4n) is 1.25. The Bertz CT molecular complexity index is 358. The Balaban J connectivity index is 2.31. The van der Waals surface area contributed by atoms with Crippen LogP contribution in [0.1, 0.15) is 18.4 Å². The maximum Gasteiger partial charge on any atom is 0.284 e. The summed E-state index contributed by atoms with van der Waals surface area (Å²) in [6.07, 6.45) is 0. The van der Waals surface area contributed by atoms with Crippen molar-refractivity contribution in [1.29, 1.82) is 0 Å². The lowest BCUT2D eigenvalue weighted by Crippen LogP contribution is -2.40. The molecule has 0 spiro atoms. The number of halogens is 2. The van der Waals surface area contributed by atoms with E-state index < -0.39 is 11.4 Å². The monoisotopic (exact) mass is 281 g/mol. The van der Waals surface area contributed by atoms with Crippen molar-refractivity contribution in [2.24, 2.45) is 0 Å². The minimum atomic E-state index is -2.41. The van der Waals surface area contributed by atoms with E-state index in [-0.39, 0.29) is 18.9 Å². The van der Waals surface area contributed by atoms with Crippen molar-refractivity contribution in [2.75, 3.05) is 13.2 Å². The van der Waals surface area contributed by atoms with Crippen LogP contribution in [0.2, 0.25) is 0 Å². The molecule has 0 aliphatic rings. The Morgan fingerprint density at radius 1 is 1.44 bits per heavy atom. The topological polar surface area (TPSA) is 65.6 Å². The zero-order valence-corrected chi connectivity index (χ0v) is 10.8. The number of hydrogen-bond donors (Lipinski definition) is 3. The van der Waals surface area contributed by atoms with Crippen molar-refractivity contribution in [2.45, 2.75) is 30.6 Å². The number of nitrogens with one attached hydrogen (secondary N) is 1. The van der Waals surface area contributed by atoms with Gasteiger partial charge in [-0.05, 0) is 19.1 Å². The summed E-state index contributed by atoms with van der Waals surface area (Å²) in [5.74, 6) is -1.18. The fourth-order valence-corrected chi connectivity index (χ4v) is 1.70. The Morgan fingerprint density at radius 3 is 2.72 bits per heavy atom. The number of aliphatic hydroxyl groups is 2. The van der Waals surface area contributed by atoms with E-state index in [1.54, 1.807) is 12.1 Å². The molecule has 1 rings (SSSR count). The van der Waals surface area contributed by atoms with Crippen molar-refractivity contribution < 1.29 is 23.4 Å². The highest BCUT2D eigenvalue weighted by atomic mass is 32.2. The maximum atomic E-state index is 12.0. The molecule has 18 heavy (non-hydrogen) atoms. The molecule has 1 unspecified atom stereocenters. The third-order valence-electron chi connectivity index (χ3n) is 2.21. The molecule has 1 heterocycles. The second-order valence-electron chi connectivity index (χ2n) is 4.20. The zero-order valence-electron chi connectivity index (χ0n) is 10.0. The summed E-state index contributed by atoms with van der Waals surface area (Å²) in [7, 11) is 0. The van der Waals surface area contributed by atoms with E-state index in [1.807, 2.05) is 0 Å². The quantitative estimate of drug-likeness (QED) is 0.675. The average Bonchev–Trinajstić information content (AvgIpc) is 2.74. The number of hydrogen-bond acceptors (Lipinski definition) is 5. The van der Waals surface area contributed by atoms with Gasteiger partial charge in [0, 0.05) is 6.54 Å². The van der Waals surface area contributed by atoms with Gasteiger partial charge >= 0.3 is 0 Å². The van der Waals surface area contributed by atoms with Crippen molar-refractivity contribution >= 4 is 11.8 Å². The first kappa shape index (κ1) is 15.4. The van der Waals surface area contributed by atoms with Crippen molar-refractivity contribution in [3.05, 3.63) is 23.7 Å². The van der Waals surface area contributed by atoms with Gasteiger partial charge in [-0.15, -0.1) is 0 Å². The van der Waals surface area contributed by atoms with Gasteiger partial charge in [0.1, 0.15) is 11.5 Å². The molecule has 0 saturated heterocycles. The number of alkyl halides is 2. The van der Waals surface area contributed by atoms with Crippen LogP contribution in [0.5, 0.6) is 0 Å². The van der Waals surface area contributed by atoms with Crippen LogP contribution in [0.15, 0.2) is 16.5 Å². The SMILES string of the molecule is CC(O)(CO)CNCc1ccc(CSC(F)F)o1. The Kier molecular flexibility index (Phi) is 6.07. The molecule has 104 valence electrons.